The van der Waals surface area contributed by atoms with Crippen LogP contribution in [0.25, 0.3) is 0 Å². The van der Waals surface area contributed by atoms with Crippen molar-refractivity contribution in [3.8, 4) is 0 Å². The lowest BCUT2D eigenvalue weighted by atomic mass is 10.00. The summed E-state index contributed by atoms with van der Waals surface area (Å²) in [4.78, 5) is 38.5. The third-order valence-corrected chi connectivity index (χ3v) is 5.31. The van der Waals surface area contributed by atoms with Crippen molar-refractivity contribution in [2.75, 3.05) is 20.1 Å². The Bertz CT molecular complexity index is 760. The van der Waals surface area contributed by atoms with Gasteiger partial charge in [-0.3, -0.25) is 9.59 Å². The fourth-order valence-corrected chi connectivity index (χ4v) is 3.66. The number of amides is 3. The highest BCUT2D eigenvalue weighted by molar-refractivity contribution is 6.30. The first kappa shape index (κ1) is 18.4. The van der Waals surface area contributed by atoms with E-state index in [-0.39, 0.29) is 23.9 Å². The number of carbonyl (C=O) groups is 3. The van der Waals surface area contributed by atoms with Crippen LogP contribution in [0.3, 0.4) is 0 Å². The smallest absolute Gasteiger partial charge is 0.317 e. The summed E-state index contributed by atoms with van der Waals surface area (Å²) in [6, 6.07) is 2.83. The van der Waals surface area contributed by atoms with E-state index in [4.69, 9.17) is 16.7 Å². The topological polar surface area (TPSA) is 90.0 Å². The van der Waals surface area contributed by atoms with Crippen molar-refractivity contribution >= 4 is 29.5 Å². The zero-order chi connectivity index (χ0) is 19.0. The molecule has 140 valence electrons. The Morgan fingerprint density at radius 1 is 1.38 bits per heavy atom. The molecule has 2 heterocycles. The molecule has 0 radical (unpaired) electrons. The number of carboxylic acid groups (broad SMARTS) is 1. The lowest BCUT2D eigenvalue weighted by Crippen LogP contribution is -2.46. The zero-order valence-corrected chi connectivity index (χ0v) is 14.9. The molecule has 2 aliphatic rings. The molecule has 7 nitrogen and oxygen atoms in total. The van der Waals surface area contributed by atoms with E-state index < -0.39 is 35.8 Å². The van der Waals surface area contributed by atoms with Crippen molar-refractivity contribution in [2.45, 2.75) is 24.9 Å². The summed E-state index contributed by atoms with van der Waals surface area (Å²) in [5.41, 5.74) is 0.537. The normalized spacial score (nSPS) is 25.7. The number of carbonyl (C=O) groups excluding carboxylic acids is 2. The molecule has 3 atom stereocenters. The van der Waals surface area contributed by atoms with Gasteiger partial charge in [-0.15, -0.1) is 0 Å². The van der Waals surface area contributed by atoms with Gasteiger partial charge in [0.15, 0.2) is 0 Å². The van der Waals surface area contributed by atoms with Crippen molar-refractivity contribution in [1.29, 1.82) is 0 Å². The Hall–Kier alpha value is -2.35. The number of likely N-dealkylation sites (N-methyl/N-ethyl adjacent to an activating group) is 1. The van der Waals surface area contributed by atoms with Gasteiger partial charge in [-0.2, -0.15) is 0 Å². The second-order valence-electron chi connectivity index (χ2n) is 6.65. The van der Waals surface area contributed by atoms with Crippen LogP contribution in [0, 0.1) is 11.7 Å². The second-order valence-corrected chi connectivity index (χ2v) is 7.06. The van der Waals surface area contributed by atoms with Gasteiger partial charge in [0.1, 0.15) is 5.82 Å². The lowest BCUT2D eigenvalue weighted by Gasteiger charge is -2.28. The summed E-state index contributed by atoms with van der Waals surface area (Å²) in [5, 5.41) is 11.8. The summed E-state index contributed by atoms with van der Waals surface area (Å²) in [6.07, 6.45) is 0.491. The van der Waals surface area contributed by atoms with Gasteiger partial charge in [0, 0.05) is 26.6 Å². The monoisotopic (exact) mass is 383 g/mol. The third kappa shape index (κ3) is 3.46. The van der Waals surface area contributed by atoms with E-state index in [9.17, 15) is 18.8 Å². The van der Waals surface area contributed by atoms with Gasteiger partial charge in [-0.25, -0.2) is 9.18 Å². The molecule has 3 unspecified atom stereocenters. The lowest BCUT2D eigenvalue weighted by molar-refractivity contribution is -0.141. The molecular formula is C17H19ClFN3O4. The number of halogens is 2. The Morgan fingerprint density at radius 3 is 2.73 bits per heavy atom. The molecule has 3 amide bonds. The Kier molecular flexibility index (Phi) is 5.04. The highest BCUT2D eigenvalue weighted by Crippen LogP contribution is 2.33. The molecule has 1 aromatic rings. The van der Waals surface area contributed by atoms with Crippen LogP contribution in [0.1, 0.15) is 24.4 Å². The van der Waals surface area contributed by atoms with Crippen LogP contribution in [0.2, 0.25) is 5.02 Å². The van der Waals surface area contributed by atoms with Crippen molar-refractivity contribution in [3.05, 3.63) is 34.6 Å². The molecule has 2 saturated heterocycles. The van der Waals surface area contributed by atoms with E-state index in [1.165, 1.54) is 21.9 Å². The van der Waals surface area contributed by atoms with Crippen molar-refractivity contribution in [3.63, 3.8) is 0 Å². The molecule has 2 aliphatic heterocycles. The Labute approximate surface area is 154 Å². The minimum Gasteiger partial charge on any atom is -0.481 e. The number of benzene rings is 1. The van der Waals surface area contributed by atoms with E-state index >= 15 is 0 Å². The third-order valence-electron chi connectivity index (χ3n) is 5.01. The van der Waals surface area contributed by atoms with Gasteiger partial charge in [0.05, 0.1) is 23.0 Å². The summed E-state index contributed by atoms with van der Waals surface area (Å²) in [5.74, 6) is -2.26. The van der Waals surface area contributed by atoms with E-state index in [0.717, 1.165) is 0 Å². The summed E-state index contributed by atoms with van der Waals surface area (Å²) >= 11 is 5.72. The van der Waals surface area contributed by atoms with Crippen LogP contribution in [-0.2, 0) is 9.59 Å². The molecule has 0 bridgehead atoms. The van der Waals surface area contributed by atoms with Crippen LogP contribution in [-0.4, -0.2) is 59.0 Å². The largest absolute Gasteiger partial charge is 0.481 e. The zero-order valence-electron chi connectivity index (χ0n) is 14.1. The standard InChI is InChI=1S/C17H19ClFN3O4/c1-21-14(23)7-13(15(21)9-2-3-11(18)12(19)6-9)20-17(26)22-5-4-10(8-22)16(24)25/h2-3,6,10,13,15H,4-5,7-8H2,1H3,(H,20,26)(H,24,25). The quantitative estimate of drug-likeness (QED) is 0.833. The van der Waals surface area contributed by atoms with Gasteiger partial charge in [-0.1, -0.05) is 17.7 Å². The van der Waals surface area contributed by atoms with Gasteiger partial charge in [-0.05, 0) is 24.1 Å². The molecule has 0 saturated carbocycles. The molecule has 1 aromatic carbocycles. The predicted octanol–water partition coefficient (Wildman–Crippen LogP) is 1.87. The average molecular weight is 384 g/mol. The fraction of sp³-hybridized carbons (Fsp3) is 0.471. The first-order valence-corrected chi connectivity index (χ1v) is 8.64. The first-order valence-electron chi connectivity index (χ1n) is 8.26. The first-order chi connectivity index (χ1) is 12.3. The summed E-state index contributed by atoms with van der Waals surface area (Å²) in [6.45, 7) is 0.484. The number of nitrogens with zero attached hydrogens (tertiary/aromatic N) is 2. The van der Waals surface area contributed by atoms with E-state index in [0.29, 0.717) is 18.5 Å². The molecule has 0 spiro atoms. The second kappa shape index (κ2) is 7.11. The van der Waals surface area contributed by atoms with Crippen molar-refractivity contribution < 1.29 is 23.9 Å². The van der Waals surface area contributed by atoms with Crippen LogP contribution in [0.5, 0.6) is 0 Å². The fourth-order valence-electron chi connectivity index (χ4n) is 3.55. The van der Waals surface area contributed by atoms with Gasteiger partial charge < -0.3 is 20.2 Å². The van der Waals surface area contributed by atoms with Crippen LogP contribution in [0.4, 0.5) is 9.18 Å². The molecule has 2 N–H and O–H groups in total. The Balaban J connectivity index is 1.75. The number of carboxylic acids is 1. The van der Waals surface area contributed by atoms with Gasteiger partial charge in [0.2, 0.25) is 5.91 Å². The molecule has 0 aliphatic carbocycles. The van der Waals surface area contributed by atoms with Crippen LogP contribution in [0.15, 0.2) is 18.2 Å². The molecule has 26 heavy (non-hydrogen) atoms. The molecule has 9 heteroatoms. The maximum Gasteiger partial charge on any atom is 0.317 e. The minimum absolute atomic E-state index is 0.0157. The molecular weight excluding hydrogens is 365 g/mol. The van der Waals surface area contributed by atoms with Gasteiger partial charge in [0.25, 0.3) is 0 Å². The maximum absolute atomic E-state index is 13.8. The molecule has 0 aromatic heterocycles. The van der Waals surface area contributed by atoms with E-state index in [2.05, 4.69) is 5.32 Å². The number of hydrogen-bond acceptors (Lipinski definition) is 3. The SMILES string of the molecule is CN1C(=O)CC(NC(=O)N2CCC(C(=O)O)C2)C1c1ccc(Cl)c(F)c1. The number of rotatable bonds is 3. The molecule has 2 fully saturated rings. The highest BCUT2D eigenvalue weighted by atomic mass is 35.5. The van der Waals surface area contributed by atoms with Crippen LogP contribution < -0.4 is 5.32 Å². The van der Waals surface area contributed by atoms with E-state index in [1.54, 1.807) is 13.1 Å². The highest BCUT2D eigenvalue weighted by Gasteiger charge is 2.41. The number of urea groups is 1. The average Bonchev–Trinajstić information content (AvgIpc) is 3.17. The number of nitrogens with one attached hydrogen (secondary N) is 1. The number of likely N-dealkylation sites (tertiary alicyclic amines) is 2. The summed E-state index contributed by atoms with van der Waals surface area (Å²) < 4.78 is 13.8. The van der Waals surface area contributed by atoms with Gasteiger partial charge >= 0.3 is 12.0 Å². The molecule has 3 rings (SSSR count). The Morgan fingerprint density at radius 2 is 2.12 bits per heavy atom. The van der Waals surface area contributed by atoms with Crippen molar-refractivity contribution in [2.24, 2.45) is 5.92 Å². The minimum atomic E-state index is -0.925. The summed E-state index contributed by atoms with van der Waals surface area (Å²) in [7, 11) is 1.60. The maximum atomic E-state index is 13.8. The van der Waals surface area contributed by atoms with Crippen LogP contribution >= 0.6 is 11.6 Å². The van der Waals surface area contributed by atoms with Crippen molar-refractivity contribution in [1.82, 2.24) is 15.1 Å². The van der Waals surface area contributed by atoms with E-state index in [1.807, 2.05) is 0 Å². The number of hydrogen-bond donors (Lipinski definition) is 2. The number of aliphatic carboxylic acids is 1. The predicted molar refractivity (Wildman–Crippen MR) is 91.2 cm³/mol.